The molecular weight excluding hydrogens is 388 g/mol. The molecule has 5 nitrogen and oxygen atoms in total. The molecule has 0 radical (unpaired) electrons. The van der Waals surface area contributed by atoms with Crippen molar-refractivity contribution in [1.29, 1.82) is 0 Å². The van der Waals surface area contributed by atoms with Crippen molar-refractivity contribution in [3.8, 4) is 11.5 Å². The topological polar surface area (TPSA) is 58.6 Å². The van der Waals surface area contributed by atoms with E-state index in [1.54, 1.807) is 4.90 Å². The Bertz CT molecular complexity index is 1090. The molecule has 0 aromatic heterocycles. The molecule has 1 N–H and O–H groups in total. The van der Waals surface area contributed by atoms with Gasteiger partial charge in [-0.15, -0.1) is 0 Å². The molecular formula is C26H26N2O3. The SMILES string of the molecule is CCc1cccc(C)c1NC(=O)[C@H](c1cccc(Oc2ccccc2)c1)N1CCC1=O. The number of hydrogen-bond donors (Lipinski definition) is 1. The lowest BCUT2D eigenvalue weighted by Crippen LogP contribution is -2.49. The molecule has 1 saturated heterocycles. The summed E-state index contributed by atoms with van der Waals surface area (Å²) in [6, 6.07) is 22.2. The molecule has 0 unspecified atom stereocenters. The van der Waals surface area contributed by atoms with Crippen molar-refractivity contribution in [2.45, 2.75) is 32.7 Å². The first kappa shape index (κ1) is 20.7. The van der Waals surface area contributed by atoms with Crippen LogP contribution in [0.2, 0.25) is 0 Å². The van der Waals surface area contributed by atoms with E-state index in [1.807, 2.05) is 79.7 Å². The Morgan fingerprint density at radius 3 is 2.45 bits per heavy atom. The van der Waals surface area contributed by atoms with Crippen molar-refractivity contribution in [1.82, 2.24) is 4.90 Å². The average Bonchev–Trinajstić information content (AvgIpc) is 2.78. The van der Waals surface area contributed by atoms with Crippen LogP contribution >= 0.6 is 0 Å². The fourth-order valence-corrected chi connectivity index (χ4v) is 3.84. The number of nitrogens with one attached hydrogen (secondary N) is 1. The standard InChI is InChI=1S/C26H26N2O3/c1-3-19-10-7-9-18(2)24(19)27-26(30)25(28-16-15-23(28)29)20-11-8-14-22(17-20)31-21-12-5-4-6-13-21/h4-14,17,25H,3,15-16H2,1-2H3,(H,27,30)/t25-/m0/s1. The zero-order valence-corrected chi connectivity index (χ0v) is 17.8. The van der Waals surface area contributed by atoms with Gasteiger partial charge in [0.05, 0.1) is 0 Å². The fourth-order valence-electron chi connectivity index (χ4n) is 3.84. The van der Waals surface area contributed by atoms with Crippen LogP contribution in [0, 0.1) is 6.92 Å². The summed E-state index contributed by atoms with van der Waals surface area (Å²) >= 11 is 0. The summed E-state index contributed by atoms with van der Waals surface area (Å²) in [5, 5.41) is 3.09. The zero-order chi connectivity index (χ0) is 21.8. The van der Waals surface area contributed by atoms with Crippen molar-refractivity contribution in [2.24, 2.45) is 0 Å². The van der Waals surface area contributed by atoms with Crippen LogP contribution in [0.25, 0.3) is 0 Å². The van der Waals surface area contributed by atoms with Gasteiger partial charge in [-0.3, -0.25) is 9.59 Å². The maximum absolute atomic E-state index is 13.4. The summed E-state index contributed by atoms with van der Waals surface area (Å²) in [6.45, 7) is 4.60. The first-order valence-corrected chi connectivity index (χ1v) is 10.6. The largest absolute Gasteiger partial charge is 0.457 e. The minimum Gasteiger partial charge on any atom is -0.457 e. The highest BCUT2D eigenvalue weighted by molar-refractivity contribution is 6.00. The minimum absolute atomic E-state index is 0.0185. The lowest BCUT2D eigenvalue weighted by Gasteiger charge is -2.37. The van der Waals surface area contributed by atoms with Gasteiger partial charge in [0.25, 0.3) is 5.91 Å². The third kappa shape index (κ3) is 4.45. The van der Waals surface area contributed by atoms with E-state index in [2.05, 4.69) is 12.2 Å². The van der Waals surface area contributed by atoms with Crippen LogP contribution in [-0.4, -0.2) is 23.3 Å². The van der Waals surface area contributed by atoms with Gasteiger partial charge >= 0.3 is 0 Å². The molecule has 1 aliphatic heterocycles. The summed E-state index contributed by atoms with van der Waals surface area (Å²) in [4.78, 5) is 27.3. The maximum Gasteiger partial charge on any atom is 0.251 e. The maximum atomic E-state index is 13.4. The highest BCUT2D eigenvalue weighted by Gasteiger charge is 2.37. The number of para-hydroxylation sites is 2. The Morgan fingerprint density at radius 1 is 1.03 bits per heavy atom. The predicted molar refractivity (Wildman–Crippen MR) is 121 cm³/mol. The van der Waals surface area contributed by atoms with E-state index in [0.717, 1.165) is 28.8 Å². The van der Waals surface area contributed by atoms with Gasteiger partial charge in [-0.05, 0) is 54.3 Å². The molecule has 1 fully saturated rings. The van der Waals surface area contributed by atoms with E-state index in [0.29, 0.717) is 24.5 Å². The fraction of sp³-hybridized carbons (Fsp3) is 0.231. The van der Waals surface area contributed by atoms with Crippen LogP contribution in [0.5, 0.6) is 11.5 Å². The molecule has 0 spiro atoms. The van der Waals surface area contributed by atoms with Crippen LogP contribution in [0.3, 0.4) is 0 Å². The van der Waals surface area contributed by atoms with Gasteiger partial charge in [0.1, 0.15) is 17.5 Å². The van der Waals surface area contributed by atoms with Crippen molar-refractivity contribution in [3.63, 3.8) is 0 Å². The Kier molecular flexibility index (Phi) is 6.03. The van der Waals surface area contributed by atoms with E-state index >= 15 is 0 Å². The summed E-state index contributed by atoms with van der Waals surface area (Å²) in [5.74, 6) is 1.11. The molecule has 0 aliphatic carbocycles. The normalized spacial score (nSPS) is 14.0. The van der Waals surface area contributed by atoms with Crippen LogP contribution in [0.4, 0.5) is 5.69 Å². The first-order chi connectivity index (χ1) is 15.1. The molecule has 4 rings (SSSR count). The van der Waals surface area contributed by atoms with E-state index in [4.69, 9.17) is 4.74 Å². The van der Waals surface area contributed by atoms with Crippen molar-refractivity contribution in [2.75, 3.05) is 11.9 Å². The molecule has 0 bridgehead atoms. The van der Waals surface area contributed by atoms with Crippen molar-refractivity contribution in [3.05, 3.63) is 89.5 Å². The van der Waals surface area contributed by atoms with Crippen LogP contribution < -0.4 is 10.1 Å². The van der Waals surface area contributed by atoms with E-state index in [9.17, 15) is 9.59 Å². The summed E-state index contributed by atoms with van der Waals surface area (Å²) in [6.07, 6.45) is 1.28. The second-order valence-corrected chi connectivity index (χ2v) is 7.68. The van der Waals surface area contributed by atoms with Gasteiger partial charge in [0, 0.05) is 18.7 Å². The Labute approximate surface area is 182 Å². The van der Waals surface area contributed by atoms with Crippen LogP contribution in [0.1, 0.15) is 36.1 Å². The molecule has 1 atom stereocenters. The zero-order valence-electron chi connectivity index (χ0n) is 17.8. The average molecular weight is 415 g/mol. The van der Waals surface area contributed by atoms with Gasteiger partial charge in [-0.25, -0.2) is 0 Å². The molecule has 1 aliphatic rings. The molecule has 31 heavy (non-hydrogen) atoms. The third-order valence-electron chi connectivity index (χ3n) is 5.59. The molecule has 0 saturated carbocycles. The van der Waals surface area contributed by atoms with Crippen molar-refractivity contribution >= 4 is 17.5 Å². The number of amides is 2. The van der Waals surface area contributed by atoms with Gasteiger partial charge in [-0.2, -0.15) is 0 Å². The summed E-state index contributed by atoms with van der Waals surface area (Å²) in [5.41, 5.74) is 3.63. The first-order valence-electron chi connectivity index (χ1n) is 10.6. The number of benzene rings is 3. The number of anilines is 1. The number of carbonyl (C=O) groups excluding carboxylic acids is 2. The second-order valence-electron chi connectivity index (χ2n) is 7.68. The number of aryl methyl sites for hydroxylation is 2. The molecule has 158 valence electrons. The van der Waals surface area contributed by atoms with Gasteiger partial charge in [0.15, 0.2) is 0 Å². The number of β-lactam (4-membered cyclic amide) rings is 1. The number of carbonyl (C=O) groups is 2. The Hall–Kier alpha value is -3.60. The molecule has 5 heteroatoms. The van der Waals surface area contributed by atoms with Crippen LogP contribution in [-0.2, 0) is 16.0 Å². The quantitative estimate of drug-likeness (QED) is 0.537. The highest BCUT2D eigenvalue weighted by atomic mass is 16.5. The Morgan fingerprint density at radius 2 is 1.77 bits per heavy atom. The smallest absolute Gasteiger partial charge is 0.251 e. The number of nitrogens with zero attached hydrogens (tertiary/aromatic N) is 1. The molecule has 3 aromatic rings. The number of likely N-dealkylation sites (tertiary alicyclic amines) is 1. The van der Waals surface area contributed by atoms with Gasteiger partial charge in [-0.1, -0.05) is 55.5 Å². The Balaban J connectivity index is 1.64. The van der Waals surface area contributed by atoms with Gasteiger partial charge in [0.2, 0.25) is 5.91 Å². The van der Waals surface area contributed by atoms with Gasteiger partial charge < -0.3 is 15.0 Å². The second kappa shape index (κ2) is 9.04. The molecule has 3 aromatic carbocycles. The number of ether oxygens (including phenoxy) is 1. The lowest BCUT2D eigenvalue weighted by molar-refractivity contribution is -0.147. The van der Waals surface area contributed by atoms with Crippen molar-refractivity contribution < 1.29 is 14.3 Å². The lowest BCUT2D eigenvalue weighted by atomic mass is 9.99. The predicted octanol–water partition coefficient (Wildman–Crippen LogP) is 5.26. The van der Waals surface area contributed by atoms with E-state index in [-0.39, 0.29) is 11.8 Å². The van der Waals surface area contributed by atoms with Crippen LogP contribution in [0.15, 0.2) is 72.8 Å². The number of hydrogen-bond acceptors (Lipinski definition) is 3. The summed E-state index contributed by atoms with van der Waals surface area (Å²) in [7, 11) is 0. The minimum atomic E-state index is -0.704. The van der Waals surface area contributed by atoms with E-state index in [1.165, 1.54) is 0 Å². The van der Waals surface area contributed by atoms with E-state index < -0.39 is 6.04 Å². The highest BCUT2D eigenvalue weighted by Crippen LogP contribution is 2.32. The third-order valence-corrected chi connectivity index (χ3v) is 5.59. The monoisotopic (exact) mass is 414 g/mol. The molecule has 1 heterocycles. The number of rotatable bonds is 7. The molecule has 2 amide bonds. The summed E-state index contributed by atoms with van der Waals surface area (Å²) < 4.78 is 5.95.